The summed E-state index contributed by atoms with van der Waals surface area (Å²) in [4.78, 5) is 0. The molecule has 1 aromatic rings. The molecule has 0 saturated heterocycles. The molecule has 0 spiro atoms. The van der Waals surface area contributed by atoms with Gasteiger partial charge in [0.15, 0.2) is 0 Å². The Morgan fingerprint density at radius 1 is 1.06 bits per heavy atom. The van der Waals surface area contributed by atoms with Crippen LogP contribution in [0.15, 0.2) is 30.8 Å². The van der Waals surface area contributed by atoms with Crippen LogP contribution in [0, 0.1) is 0 Å². The quantitative estimate of drug-likeness (QED) is 0.772. The summed E-state index contributed by atoms with van der Waals surface area (Å²) in [6.07, 6.45) is 1.90. The summed E-state index contributed by atoms with van der Waals surface area (Å²) in [7, 11) is -2.53. The van der Waals surface area contributed by atoms with Crippen LogP contribution in [0.4, 0.5) is 0 Å². The smallest absolute Gasteiger partial charge is 0.116 e. The number of nitrogens with two attached hydrogens (primary N) is 1. The number of hydrogen-bond acceptors (Lipinski definition) is 1. The molecule has 0 radical (unpaired) electrons. The SMILES string of the molecule is C=Cc1ccc(C[Si](C)(C)CC[Si](C)(C)N)cc1. The first-order chi connectivity index (χ1) is 8.22. The molecule has 3 heteroatoms. The Balaban J connectivity index is 2.60. The van der Waals surface area contributed by atoms with Crippen molar-refractivity contribution in [3.05, 3.63) is 42.0 Å². The van der Waals surface area contributed by atoms with Crippen molar-refractivity contribution < 1.29 is 0 Å². The van der Waals surface area contributed by atoms with Gasteiger partial charge >= 0.3 is 0 Å². The molecule has 1 rings (SSSR count). The van der Waals surface area contributed by atoms with E-state index >= 15 is 0 Å². The highest BCUT2D eigenvalue weighted by Gasteiger charge is 2.25. The van der Waals surface area contributed by atoms with Gasteiger partial charge in [-0.1, -0.05) is 74.7 Å². The second kappa shape index (κ2) is 6.00. The second-order valence-corrected chi connectivity index (χ2v) is 16.4. The van der Waals surface area contributed by atoms with Crippen LogP contribution in [0.2, 0.25) is 38.3 Å². The lowest BCUT2D eigenvalue weighted by molar-refractivity contribution is 1.19. The Morgan fingerprint density at radius 3 is 2.06 bits per heavy atom. The first-order valence-electron chi connectivity index (χ1n) is 6.72. The number of hydrogen-bond donors (Lipinski definition) is 1. The van der Waals surface area contributed by atoms with Gasteiger partial charge in [0.2, 0.25) is 0 Å². The fourth-order valence-electron chi connectivity index (χ4n) is 2.07. The van der Waals surface area contributed by atoms with Gasteiger partial charge in [0.05, 0.1) is 8.07 Å². The van der Waals surface area contributed by atoms with E-state index in [2.05, 4.69) is 57.0 Å². The largest absolute Gasteiger partial charge is 0.351 e. The van der Waals surface area contributed by atoms with Crippen molar-refractivity contribution in [3.63, 3.8) is 0 Å². The molecule has 18 heavy (non-hydrogen) atoms. The Morgan fingerprint density at radius 2 is 1.61 bits per heavy atom. The molecule has 1 nitrogen and oxygen atoms in total. The van der Waals surface area contributed by atoms with E-state index in [0.717, 1.165) is 0 Å². The molecule has 0 fully saturated rings. The average Bonchev–Trinajstić information content (AvgIpc) is 2.26. The van der Waals surface area contributed by atoms with E-state index in [1.165, 1.54) is 29.3 Å². The van der Waals surface area contributed by atoms with Crippen molar-refractivity contribution in [3.8, 4) is 0 Å². The lowest BCUT2D eigenvalue weighted by atomic mass is 10.1. The minimum absolute atomic E-state index is 1.15. The van der Waals surface area contributed by atoms with Crippen LogP contribution in [0.5, 0.6) is 0 Å². The highest BCUT2D eigenvalue weighted by atomic mass is 28.3. The molecule has 0 aliphatic rings. The maximum atomic E-state index is 6.22. The Kier molecular flexibility index (Phi) is 5.13. The minimum atomic E-state index is -1.38. The number of benzene rings is 1. The van der Waals surface area contributed by atoms with Gasteiger partial charge in [-0.15, -0.1) is 0 Å². The van der Waals surface area contributed by atoms with Crippen molar-refractivity contribution in [2.24, 2.45) is 5.40 Å². The molecule has 0 aromatic heterocycles. The highest BCUT2D eigenvalue weighted by Crippen LogP contribution is 2.22. The summed E-state index contributed by atoms with van der Waals surface area (Å²) < 4.78 is 0. The van der Waals surface area contributed by atoms with Crippen LogP contribution in [0.25, 0.3) is 6.08 Å². The highest BCUT2D eigenvalue weighted by molar-refractivity contribution is 6.81. The monoisotopic (exact) mass is 277 g/mol. The van der Waals surface area contributed by atoms with Gasteiger partial charge in [0.25, 0.3) is 0 Å². The third-order valence-corrected chi connectivity index (χ3v) is 8.35. The molecule has 100 valence electrons. The van der Waals surface area contributed by atoms with Gasteiger partial charge in [0.1, 0.15) is 8.24 Å². The van der Waals surface area contributed by atoms with Crippen molar-refractivity contribution in [1.82, 2.24) is 0 Å². The maximum Gasteiger partial charge on any atom is 0.116 e. The Hall–Kier alpha value is -0.646. The van der Waals surface area contributed by atoms with Crippen molar-refractivity contribution in [2.75, 3.05) is 0 Å². The Bertz CT molecular complexity index is 388. The molecular weight excluding hydrogens is 250 g/mol. The first-order valence-corrected chi connectivity index (χ1v) is 13.4. The summed E-state index contributed by atoms with van der Waals surface area (Å²) >= 11 is 0. The van der Waals surface area contributed by atoms with Crippen molar-refractivity contribution in [2.45, 2.75) is 44.3 Å². The Labute approximate surface area is 114 Å². The zero-order valence-electron chi connectivity index (χ0n) is 12.3. The number of rotatable bonds is 6. The van der Waals surface area contributed by atoms with Crippen molar-refractivity contribution in [1.29, 1.82) is 0 Å². The topological polar surface area (TPSA) is 26.0 Å². The van der Waals surface area contributed by atoms with Gasteiger partial charge < -0.3 is 5.40 Å². The van der Waals surface area contributed by atoms with Crippen LogP contribution in [-0.2, 0) is 6.04 Å². The van der Waals surface area contributed by atoms with Crippen LogP contribution in [-0.4, -0.2) is 16.3 Å². The molecule has 0 atom stereocenters. The zero-order valence-corrected chi connectivity index (χ0v) is 14.3. The summed E-state index contributed by atoms with van der Waals surface area (Å²) in [6, 6.07) is 12.7. The van der Waals surface area contributed by atoms with Crippen molar-refractivity contribution >= 4 is 22.4 Å². The van der Waals surface area contributed by atoms with Gasteiger partial charge in [-0.3, -0.25) is 0 Å². The molecule has 0 aliphatic heterocycles. The van der Waals surface area contributed by atoms with E-state index in [4.69, 9.17) is 5.40 Å². The van der Waals surface area contributed by atoms with E-state index in [1.807, 2.05) is 6.08 Å². The summed E-state index contributed by atoms with van der Waals surface area (Å²) in [6.45, 7) is 13.3. The third-order valence-electron chi connectivity index (χ3n) is 3.34. The molecule has 0 saturated carbocycles. The molecule has 0 bridgehead atoms. The molecule has 0 amide bonds. The van der Waals surface area contributed by atoms with E-state index < -0.39 is 16.3 Å². The van der Waals surface area contributed by atoms with Crippen LogP contribution >= 0.6 is 0 Å². The van der Waals surface area contributed by atoms with Gasteiger partial charge in [-0.05, 0) is 17.7 Å². The zero-order chi connectivity index (χ0) is 13.8. The molecular formula is C15H27NSi2. The van der Waals surface area contributed by atoms with Crippen LogP contribution in [0.1, 0.15) is 11.1 Å². The second-order valence-electron chi connectivity index (χ2n) is 6.78. The molecule has 0 heterocycles. The van der Waals surface area contributed by atoms with Gasteiger partial charge in [-0.2, -0.15) is 0 Å². The maximum absolute atomic E-state index is 6.22. The van der Waals surface area contributed by atoms with Gasteiger partial charge in [-0.25, -0.2) is 0 Å². The third kappa shape index (κ3) is 5.80. The lowest BCUT2D eigenvalue weighted by Gasteiger charge is -2.26. The van der Waals surface area contributed by atoms with Gasteiger partial charge in [0, 0.05) is 0 Å². The standard InChI is InChI=1S/C15H27NSi2/c1-6-14-7-9-15(10-8-14)13-17(2,3)11-12-18(4,5)16/h6-10H,1,11-13,16H2,2-5H3. The van der Waals surface area contributed by atoms with E-state index in [1.54, 1.807) is 0 Å². The van der Waals surface area contributed by atoms with E-state index in [0.29, 0.717) is 0 Å². The lowest BCUT2D eigenvalue weighted by Crippen LogP contribution is -2.41. The predicted octanol–water partition coefficient (Wildman–Crippen LogP) is 4.28. The first kappa shape index (κ1) is 15.4. The fourth-order valence-corrected chi connectivity index (χ4v) is 8.88. The summed E-state index contributed by atoms with van der Waals surface area (Å²) in [5.74, 6) is 0. The molecule has 0 aliphatic carbocycles. The van der Waals surface area contributed by atoms with Crippen LogP contribution in [0.3, 0.4) is 0 Å². The predicted molar refractivity (Wildman–Crippen MR) is 89.0 cm³/mol. The molecule has 2 N–H and O–H groups in total. The molecule has 0 unspecified atom stereocenters. The van der Waals surface area contributed by atoms with E-state index in [9.17, 15) is 0 Å². The van der Waals surface area contributed by atoms with Crippen LogP contribution < -0.4 is 5.40 Å². The summed E-state index contributed by atoms with van der Waals surface area (Å²) in [5, 5.41) is 6.22. The summed E-state index contributed by atoms with van der Waals surface area (Å²) in [5.41, 5.74) is 2.67. The minimum Gasteiger partial charge on any atom is -0.351 e. The van der Waals surface area contributed by atoms with E-state index in [-0.39, 0.29) is 0 Å². The average molecular weight is 278 g/mol. The normalized spacial score (nSPS) is 12.5. The molecule has 1 aromatic carbocycles. The fraction of sp³-hybridized carbons (Fsp3) is 0.467.